The predicted molar refractivity (Wildman–Crippen MR) is 63.6 cm³/mol. The second kappa shape index (κ2) is 4.49. The van der Waals surface area contributed by atoms with Crippen LogP contribution < -0.4 is 5.32 Å². The van der Waals surface area contributed by atoms with Crippen LogP contribution in [0.15, 0.2) is 6.07 Å². The highest BCUT2D eigenvalue weighted by Crippen LogP contribution is 2.37. The van der Waals surface area contributed by atoms with Crippen molar-refractivity contribution in [2.45, 2.75) is 39.2 Å². The molecule has 1 amide bonds. The molecule has 2 atom stereocenters. The molecule has 1 saturated carbocycles. The standard InChI is InChI=1S/C12H19N3O2/c1-8-6-9(15-14-8)11(17)13-10-4-3-5-12(10,2)7-16/h6,10,16H,3-5,7H2,1-2H3,(H,13,17)(H,14,15). The minimum atomic E-state index is -0.193. The number of nitrogens with one attached hydrogen (secondary N) is 2. The van der Waals surface area contributed by atoms with E-state index < -0.39 is 0 Å². The van der Waals surface area contributed by atoms with Crippen molar-refractivity contribution in [2.75, 3.05) is 6.61 Å². The molecular formula is C12H19N3O2. The van der Waals surface area contributed by atoms with E-state index >= 15 is 0 Å². The van der Waals surface area contributed by atoms with Gasteiger partial charge in [-0.05, 0) is 25.8 Å². The van der Waals surface area contributed by atoms with Gasteiger partial charge in [0.2, 0.25) is 0 Å². The first kappa shape index (κ1) is 12.1. The van der Waals surface area contributed by atoms with Crippen LogP contribution in [-0.2, 0) is 0 Å². The number of aromatic amines is 1. The van der Waals surface area contributed by atoms with Crippen LogP contribution in [0.25, 0.3) is 0 Å². The van der Waals surface area contributed by atoms with E-state index in [2.05, 4.69) is 15.5 Å². The van der Waals surface area contributed by atoms with Crippen molar-refractivity contribution in [1.82, 2.24) is 15.5 Å². The number of carbonyl (C=O) groups is 1. The van der Waals surface area contributed by atoms with Gasteiger partial charge in [-0.3, -0.25) is 9.89 Å². The first-order chi connectivity index (χ1) is 8.05. The Labute approximate surface area is 101 Å². The number of aliphatic hydroxyl groups is 1. The highest BCUT2D eigenvalue weighted by Gasteiger charge is 2.39. The molecule has 0 spiro atoms. The van der Waals surface area contributed by atoms with Crippen LogP contribution in [0.2, 0.25) is 0 Å². The predicted octanol–water partition coefficient (Wildman–Crippen LogP) is 0.999. The molecule has 1 aliphatic carbocycles. The zero-order chi connectivity index (χ0) is 12.5. The number of rotatable bonds is 3. The maximum absolute atomic E-state index is 11.9. The van der Waals surface area contributed by atoms with E-state index in [1.165, 1.54) is 0 Å². The molecule has 3 N–H and O–H groups in total. The third-order valence-electron chi connectivity index (χ3n) is 3.69. The minimum Gasteiger partial charge on any atom is -0.396 e. The maximum Gasteiger partial charge on any atom is 0.272 e. The second-order valence-corrected chi connectivity index (χ2v) is 5.17. The Morgan fingerprint density at radius 2 is 2.53 bits per heavy atom. The molecular weight excluding hydrogens is 218 g/mol. The summed E-state index contributed by atoms with van der Waals surface area (Å²) in [6.45, 7) is 3.98. The van der Waals surface area contributed by atoms with Crippen molar-refractivity contribution >= 4 is 5.91 Å². The van der Waals surface area contributed by atoms with Gasteiger partial charge in [-0.1, -0.05) is 13.3 Å². The fourth-order valence-corrected chi connectivity index (χ4v) is 2.43. The molecule has 94 valence electrons. The molecule has 1 fully saturated rings. The highest BCUT2D eigenvalue weighted by molar-refractivity contribution is 5.92. The van der Waals surface area contributed by atoms with E-state index in [1.807, 2.05) is 13.8 Å². The monoisotopic (exact) mass is 237 g/mol. The Bertz CT molecular complexity index is 416. The number of amides is 1. The summed E-state index contributed by atoms with van der Waals surface area (Å²) >= 11 is 0. The summed E-state index contributed by atoms with van der Waals surface area (Å²) in [7, 11) is 0. The Kier molecular flexibility index (Phi) is 3.19. The number of H-pyrrole nitrogens is 1. The molecule has 1 aromatic rings. The van der Waals surface area contributed by atoms with Crippen LogP contribution in [0.5, 0.6) is 0 Å². The second-order valence-electron chi connectivity index (χ2n) is 5.17. The molecule has 2 rings (SSSR count). The average Bonchev–Trinajstić information content (AvgIpc) is 2.87. The molecule has 0 aliphatic heterocycles. The zero-order valence-electron chi connectivity index (χ0n) is 10.3. The lowest BCUT2D eigenvalue weighted by atomic mass is 9.86. The van der Waals surface area contributed by atoms with Crippen LogP contribution in [0, 0.1) is 12.3 Å². The Morgan fingerprint density at radius 1 is 1.76 bits per heavy atom. The molecule has 0 saturated heterocycles. The molecule has 1 heterocycles. The third-order valence-corrected chi connectivity index (χ3v) is 3.69. The summed E-state index contributed by atoms with van der Waals surface area (Å²) < 4.78 is 0. The molecule has 0 radical (unpaired) electrons. The quantitative estimate of drug-likeness (QED) is 0.734. The van der Waals surface area contributed by atoms with Gasteiger partial charge in [-0.25, -0.2) is 0 Å². The summed E-state index contributed by atoms with van der Waals surface area (Å²) in [6, 6.07) is 1.76. The fourth-order valence-electron chi connectivity index (χ4n) is 2.43. The van der Waals surface area contributed by atoms with E-state index in [-0.39, 0.29) is 24.0 Å². The SMILES string of the molecule is Cc1cc(C(=O)NC2CCCC2(C)CO)n[nH]1. The number of aryl methyl sites for hydroxylation is 1. The molecule has 1 aromatic heterocycles. The van der Waals surface area contributed by atoms with E-state index in [9.17, 15) is 9.90 Å². The summed E-state index contributed by atoms with van der Waals surface area (Å²) in [4.78, 5) is 11.9. The maximum atomic E-state index is 11.9. The normalized spacial score (nSPS) is 28.3. The van der Waals surface area contributed by atoms with Crippen molar-refractivity contribution in [3.63, 3.8) is 0 Å². The van der Waals surface area contributed by atoms with Crippen LogP contribution in [0.4, 0.5) is 0 Å². The molecule has 0 bridgehead atoms. The Balaban J connectivity index is 2.04. The number of hydrogen-bond donors (Lipinski definition) is 3. The van der Waals surface area contributed by atoms with Crippen molar-refractivity contribution in [1.29, 1.82) is 0 Å². The molecule has 0 aromatic carbocycles. The summed E-state index contributed by atoms with van der Waals surface area (Å²) in [5.74, 6) is -0.166. The smallest absolute Gasteiger partial charge is 0.272 e. The first-order valence-electron chi connectivity index (χ1n) is 5.99. The van der Waals surface area contributed by atoms with Gasteiger partial charge in [-0.15, -0.1) is 0 Å². The van der Waals surface area contributed by atoms with Gasteiger partial charge >= 0.3 is 0 Å². The molecule has 5 heteroatoms. The number of hydrogen-bond acceptors (Lipinski definition) is 3. The number of aliphatic hydroxyl groups excluding tert-OH is 1. The van der Waals surface area contributed by atoms with E-state index in [4.69, 9.17) is 0 Å². The number of carbonyl (C=O) groups excluding carboxylic acids is 1. The van der Waals surface area contributed by atoms with E-state index in [0.717, 1.165) is 25.0 Å². The van der Waals surface area contributed by atoms with Gasteiger partial charge in [0.05, 0.1) is 6.61 Å². The summed E-state index contributed by atoms with van der Waals surface area (Å²) in [5, 5.41) is 19.1. The van der Waals surface area contributed by atoms with Gasteiger partial charge in [-0.2, -0.15) is 5.10 Å². The summed E-state index contributed by atoms with van der Waals surface area (Å²) in [6.07, 6.45) is 2.92. The number of aromatic nitrogens is 2. The van der Waals surface area contributed by atoms with Gasteiger partial charge in [0.25, 0.3) is 5.91 Å². The van der Waals surface area contributed by atoms with Crippen molar-refractivity contribution in [3.8, 4) is 0 Å². The highest BCUT2D eigenvalue weighted by atomic mass is 16.3. The lowest BCUT2D eigenvalue weighted by Crippen LogP contribution is -2.44. The molecule has 1 aliphatic rings. The van der Waals surface area contributed by atoms with Crippen LogP contribution >= 0.6 is 0 Å². The fraction of sp³-hybridized carbons (Fsp3) is 0.667. The summed E-state index contributed by atoms with van der Waals surface area (Å²) in [5.41, 5.74) is 1.09. The lowest BCUT2D eigenvalue weighted by Gasteiger charge is -2.29. The van der Waals surface area contributed by atoms with Crippen molar-refractivity contribution in [2.24, 2.45) is 5.41 Å². The van der Waals surface area contributed by atoms with Crippen LogP contribution in [0.1, 0.15) is 42.4 Å². The van der Waals surface area contributed by atoms with Gasteiger partial charge in [0.15, 0.2) is 0 Å². The van der Waals surface area contributed by atoms with E-state index in [1.54, 1.807) is 6.07 Å². The molecule has 17 heavy (non-hydrogen) atoms. The van der Waals surface area contributed by atoms with Gasteiger partial charge in [0.1, 0.15) is 5.69 Å². The number of nitrogens with zero attached hydrogens (tertiary/aromatic N) is 1. The molecule has 2 unspecified atom stereocenters. The average molecular weight is 237 g/mol. The zero-order valence-corrected chi connectivity index (χ0v) is 10.3. The van der Waals surface area contributed by atoms with Crippen LogP contribution in [0.3, 0.4) is 0 Å². The molecule has 5 nitrogen and oxygen atoms in total. The third kappa shape index (κ3) is 2.34. The van der Waals surface area contributed by atoms with Crippen molar-refractivity contribution < 1.29 is 9.90 Å². The van der Waals surface area contributed by atoms with Gasteiger partial charge < -0.3 is 10.4 Å². The first-order valence-corrected chi connectivity index (χ1v) is 5.99. The Hall–Kier alpha value is -1.36. The Morgan fingerprint density at radius 3 is 3.12 bits per heavy atom. The van der Waals surface area contributed by atoms with E-state index in [0.29, 0.717) is 5.69 Å². The largest absolute Gasteiger partial charge is 0.396 e. The topological polar surface area (TPSA) is 78.0 Å². The van der Waals surface area contributed by atoms with Crippen LogP contribution in [-0.4, -0.2) is 33.9 Å². The van der Waals surface area contributed by atoms with Crippen molar-refractivity contribution in [3.05, 3.63) is 17.5 Å². The lowest BCUT2D eigenvalue weighted by molar-refractivity contribution is 0.0826. The minimum absolute atomic E-state index is 0.0389. The van der Waals surface area contributed by atoms with Gasteiger partial charge in [0, 0.05) is 17.2 Å².